The average molecular weight is 155 g/mol. The average Bonchev–Trinajstić information content (AvgIpc) is 1.90. The lowest BCUT2D eigenvalue weighted by molar-refractivity contribution is 0.463. The zero-order valence-electron chi connectivity index (χ0n) is 8.73. The van der Waals surface area contributed by atoms with E-state index in [9.17, 15) is 0 Å². The van der Waals surface area contributed by atoms with Crippen LogP contribution in [0.15, 0.2) is 0 Å². The van der Waals surface area contributed by atoms with Gasteiger partial charge in [0.25, 0.3) is 0 Å². The third-order valence-corrected chi connectivity index (χ3v) is 0.786. The molecule has 0 aromatic rings. The van der Waals surface area contributed by atoms with Gasteiger partial charge in [-0.3, -0.25) is 4.90 Å². The number of rotatable bonds is 1. The molecule has 0 aromatic heterocycles. The lowest BCUT2D eigenvalue weighted by Crippen LogP contribution is -2.10. The predicted octanol–water partition coefficient (Wildman–Crippen LogP) is 2.23. The first-order valence-corrected chi connectivity index (χ1v) is 4.26. The van der Waals surface area contributed by atoms with Gasteiger partial charge in [0.2, 0.25) is 0 Å². The molecule has 0 rings (SSSR count). The fraction of sp³-hybridized carbons (Fsp3) is 0.800. The Morgan fingerprint density at radius 3 is 1.91 bits per heavy atom. The van der Waals surface area contributed by atoms with Crippen LogP contribution in [0.1, 0.15) is 27.7 Å². The maximum absolute atomic E-state index is 3.09. The van der Waals surface area contributed by atoms with Crippen molar-refractivity contribution in [1.29, 1.82) is 0 Å². The molecule has 1 nitrogen and oxygen atoms in total. The van der Waals surface area contributed by atoms with E-state index in [1.165, 1.54) is 0 Å². The third-order valence-electron chi connectivity index (χ3n) is 0.786. The van der Waals surface area contributed by atoms with Crippen molar-refractivity contribution in [2.75, 3.05) is 20.6 Å². The Bertz CT molecular complexity index is 115. The summed E-state index contributed by atoms with van der Waals surface area (Å²) in [7, 11) is 4.05. The number of hydrogen-bond donors (Lipinski definition) is 0. The van der Waals surface area contributed by atoms with Gasteiger partial charge in [0.15, 0.2) is 0 Å². The smallest absolute Gasteiger partial charge is 0.0596 e. The molecule has 0 N–H and O–H groups in total. The number of hydrogen-bond acceptors (Lipinski definition) is 1. The largest absolute Gasteiger partial charge is 0.299 e. The number of nitrogens with zero attached hydrogens (tertiary/aromatic N) is 1. The summed E-state index contributed by atoms with van der Waals surface area (Å²) in [5.41, 5.74) is 0. The topological polar surface area (TPSA) is 3.24 Å². The molecule has 0 aromatic carbocycles. The van der Waals surface area contributed by atoms with Crippen LogP contribution in [-0.2, 0) is 0 Å². The van der Waals surface area contributed by atoms with Gasteiger partial charge >= 0.3 is 0 Å². The van der Waals surface area contributed by atoms with E-state index in [0.717, 1.165) is 6.54 Å². The highest BCUT2D eigenvalue weighted by atomic mass is 15.0. The van der Waals surface area contributed by atoms with Crippen molar-refractivity contribution in [3.63, 3.8) is 0 Å². The summed E-state index contributed by atoms with van der Waals surface area (Å²) in [5, 5.41) is 0. The zero-order chi connectivity index (χ0) is 9.28. The van der Waals surface area contributed by atoms with E-state index in [4.69, 9.17) is 0 Å². The minimum absolute atomic E-state index is 0.505. The second kappa shape index (κ2) is 9.52. The van der Waals surface area contributed by atoms with E-state index >= 15 is 0 Å². The maximum Gasteiger partial charge on any atom is 0.0596 e. The molecule has 0 saturated carbocycles. The van der Waals surface area contributed by atoms with Crippen molar-refractivity contribution in [2.45, 2.75) is 27.7 Å². The van der Waals surface area contributed by atoms with Crippen LogP contribution in [-0.4, -0.2) is 25.5 Å². The van der Waals surface area contributed by atoms with Crippen molar-refractivity contribution in [3.8, 4) is 11.8 Å². The first-order chi connectivity index (χ1) is 5.13. The Hall–Kier alpha value is -0.480. The summed E-state index contributed by atoms with van der Waals surface area (Å²) < 4.78 is 0. The van der Waals surface area contributed by atoms with Crippen molar-refractivity contribution >= 4 is 0 Å². The molecule has 0 saturated heterocycles. The van der Waals surface area contributed by atoms with Gasteiger partial charge in [-0.1, -0.05) is 39.5 Å². The monoisotopic (exact) mass is 155 g/mol. The van der Waals surface area contributed by atoms with Crippen LogP contribution in [0.5, 0.6) is 0 Å². The molecule has 0 amide bonds. The first kappa shape index (κ1) is 13.1. The molecule has 1 heteroatoms. The van der Waals surface area contributed by atoms with E-state index in [0.29, 0.717) is 5.92 Å². The molecule has 0 spiro atoms. The second-order valence-electron chi connectivity index (χ2n) is 2.71. The Morgan fingerprint density at radius 1 is 1.18 bits per heavy atom. The standard InChI is InChI=1S/C8H15N.C2H6/c1-8(2)6-5-7-9(3)4;1-2/h8H,7H2,1-4H3;1-2H3. The van der Waals surface area contributed by atoms with Crippen molar-refractivity contribution in [2.24, 2.45) is 5.92 Å². The van der Waals surface area contributed by atoms with E-state index in [2.05, 4.69) is 30.6 Å². The van der Waals surface area contributed by atoms with Gasteiger partial charge in [0.1, 0.15) is 0 Å². The summed E-state index contributed by atoms with van der Waals surface area (Å²) >= 11 is 0. The lowest BCUT2D eigenvalue weighted by Gasteiger charge is -2.00. The van der Waals surface area contributed by atoms with Gasteiger partial charge in [-0.2, -0.15) is 0 Å². The minimum atomic E-state index is 0.505. The summed E-state index contributed by atoms with van der Waals surface area (Å²) in [6.45, 7) is 9.07. The normalized spacial score (nSPS) is 8.36. The van der Waals surface area contributed by atoms with Crippen molar-refractivity contribution in [1.82, 2.24) is 4.90 Å². The van der Waals surface area contributed by atoms with Gasteiger partial charge in [-0.25, -0.2) is 0 Å². The summed E-state index contributed by atoms with van der Waals surface area (Å²) in [5.74, 6) is 6.65. The summed E-state index contributed by atoms with van der Waals surface area (Å²) in [6, 6.07) is 0. The predicted molar refractivity (Wildman–Crippen MR) is 52.5 cm³/mol. The van der Waals surface area contributed by atoms with Gasteiger partial charge in [-0.05, 0) is 14.1 Å². The molecule has 0 bridgehead atoms. The highest BCUT2D eigenvalue weighted by molar-refractivity contribution is 5.02. The fourth-order valence-corrected chi connectivity index (χ4v) is 0.408. The molecular weight excluding hydrogens is 134 g/mol. The Balaban J connectivity index is 0. The van der Waals surface area contributed by atoms with Crippen LogP contribution >= 0.6 is 0 Å². The third kappa shape index (κ3) is 17.7. The minimum Gasteiger partial charge on any atom is -0.299 e. The van der Waals surface area contributed by atoms with E-state index < -0.39 is 0 Å². The summed E-state index contributed by atoms with van der Waals surface area (Å²) in [6.07, 6.45) is 0. The van der Waals surface area contributed by atoms with E-state index in [-0.39, 0.29) is 0 Å². The van der Waals surface area contributed by atoms with Crippen LogP contribution < -0.4 is 0 Å². The Kier molecular flexibility index (Phi) is 11.4. The van der Waals surface area contributed by atoms with Crippen LogP contribution in [0.4, 0.5) is 0 Å². The Labute approximate surface area is 71.8 Å². The molecule has 0 aliphatic rings. The molecule has 0 aliphatic carbocycles. The highest BCUT2D eigenvalue weighted by Gasteiger charge is 1.82. The molecule has 0 radical (unpaired) electrons. The van der Waals surface area contributed by atoms with Crippen LogP contribution in [0.2, 0.25) is 0 Å². The lowest BCUT2D eigenvalue weighted by atomic mass is 10.2. The second-order valence-corrected chi connectivity index (χ2v) is 2.71. The molecule has 0 heterocycles. The molecule has 0 atom stereocenters. The molecular formula is C10H21N. The van der Waals surface area contributed by atoms with Crippen molar-refractivity contribution < 1.29 is 0 Å². The van der Waals surface area contributed by atoms with Crippen LogP contribution in [0.3, 0.4) is 0 Å². The van der Waals surface area contributed by atoms with Gasteiger partial charge in [-0.15, -0.1) is 0 Å². The maximum atomic E-state index is 3.09. The quantitative estimate of drug-likeness (QED) is 0.525. The molecule has 0 aliphatic heterocycles. The van der Waals surface area contributed by atoms with Gasteiger partial charge in [0.05, 0.1) is 6.54 Å². The fourth-order valence-electron chi connectivity index (χ4n) is 0.408. The first-order valence-electron chi connectivity index (χ1n) is 4.26. The molecule has 0 unspecified atom stereocenters. The van der Waals surface area contributed by atoms with Crippen molar-refractivity contribution in [3.05, 3.63) is 0 Å². The molecule has 0 fully saturated rings. The zero-order valence-corrected chi connectivity index (χ0v) is 8.73. The van der Waals surface area contributed by atoms with Gasteiger partial charge in [0, 0.05) is 5.92 Å². The molecule has 66 valence electrons. The van der Waals surface area contributed by atoms with Crippen LogP contribution in [0, 0.1) is 17.8 Å². The van der Waals surface area contributed by atoms with Crippen LogP contribution in [0.25, 0.3) is 0 Å². The molecule has 11 heavy (non-hydrogen) atoms. The van der Waals surface area contributed by atoms with E-state index in [1.54, 1.807) is 0 Å². The SMILES string of the molecule is CC.CC(C)C#CCN(C)C. The highest BCUT2D eigenvalue weighted by Crippen LogP contribution is 1.85. The summed E-state index contributed by atoms with van der Waals surface area (Å²) in [4.78, 5) is 2.06. The van der Waals surface area contributed by atoms with E-state index in [1.807, 2.05) is 27.9 Å². The Morgan fingerprint density at radius 2 is 1.64 bits per heavy atom. The van der Waals surface area contributed by atoms with Gasteiger partial charge < -0.3 is 0 Å².